The molecule has 0 saturated carbocycles. The van der Waals surface area contributed by atoms with Crippen molar-refractivity contribution < 1.29 is 28.6 Å². The molecule has 0 aliphatic heterocycles. The molecular formula is C77H128O6. The van der Waals surface area contributed by atoms with Crippen molar-refractivity contribution in [1.29, 1.82) is 0 Å². The molecule has 0 aromatic heterocycles. The molecule has 6 heteroatoms. The van der Waals surface area contributed by atoms with Crippen molar-refractivity contribution in [2.45, 2.75) is 322 Å². The molecule has 0 spiro atoms. The first-order valence-electron chi connectivity index (χ1n) is 34.7. The third-order valence-electron chi connectivity index (χ3n) is 14.7. The molecule has 0 radical (unpaired) electrons. The maximum absolute atomic E-state index is 12.9. The largest absolute Gasteiger partial charge is 0.462 e. The molecule has 83 heavy (non-hydrogen) atoms. The zero-order chi connectivity index (χ0) is 59.9. The van der Waals surface area contributed by atoms with Crippen molar-refractivity contribution in [3.63, 3.8) is 0 Å². The number of hydrogen-bond donors (Lipinski definition) is 0. The van der Waals surface area contributed by atoms with Crippen molar-refractivity contribution in [3.8, 4) is 0 Å². The Hall–Kier alpha value is -4.45. The molecule has 0 rings (SSSR count). The predicted molar refractivity (Wildman–Crippen MR) is 362 cm³/mol. The fourth-order valence-electron chi connectivity index (χ4n) is 9.53. The first-order chi connectivity index (χ1) is 41.0. The smallest absolute Gasteiger partial charge is 0.306 e. The van der Waals surface area contributed by atoms with Crippen LogP contribution in [0.3, 0.4) is 0 Å². The number of rotatable bonds is 62. The summed E-state index contributed by atoms with van der Waals surface area (Å²) in [5.41, 5.74) is 0. The van der Waals surface area contributed by atoms with Crippen molar-refractivity contribution in [3.05, 3.63) is 134 Å². The van der Waals surface area contributed by atoms with Crippen molar-refractivity contribution >= 4 is 17.9 Å². The second-order valence-corrected chi connectivity index (χ2v) is 22.7. The van der Waals surface area contributed by atoms with Crippen LogP contribution in [-0.4, -0.2) is 37.2 Å². The minimum Gasteiger partial charge on any atom is -0.462 e. The van der Waals surface area contributed by atoms with Gasteiger partial charge < -0.3 is 14.2 Å². The van der Waals surface area contributed by atoms with Crippen LogP contribution in [0.15, 0.2) is 134 Å². The summed E-state index contributed by atoms with van der Waals surface area (Å²) in [7, 11) is 0. The Morgan fingerprint density at radius 1 is 0.253 bits per heavy atom. The lowest BCUT2D eigenvalue weighted by Crippen LogP contribution is -2.30. The van der Waals surface area contributed by atoms with Gasteiger partial charge in [0.15, 0.2) is 6.10 Å². The highest BCUT2D eigenvalue weighted by Gasteiger charge is 2.19. The van der Waals surface area contributed by atoms with Gasteiger partial charge in [-0.2, -0.15) is 0 Å². The van der Waals surface area contributed by atoms with Crippen LogP contribution < -0.4 is 0 Å². The number of hydrogen-bond acceptors (Lipinski definition) is 6. The van der Waals surface area contributed by atoms with E-state index >= 15 is 0 Å². The van der Waals surface area contributed by atoms with Crippen molar-refractivity contribution in [2.75, 3.05) is 13.2 Å². The molecule has 0 N–H and O–H groups in total. The van der Waals surface area contributed by atoms with Gasteiger partial charge in [-0.15, -0.1) is 0 Å². The van der Waals surface area contributed by atoms with E-state index in [-0.39, 0.29) is 37.5 Å². The minimum absolute atomic E-state index is 0.0948. The van der Waals surface area contributed by atoms with Crippen LogP contribution >= 0.6 is 0 Å². The fraction of sp³-hybridized carbons (Fsp3) is 0.675. The van der Waals surface area contributed by atoms with Gasteiger partial charge in [0, 0.05) is 19.3 Å². The molecule has 0 aliphatic rings. The first-order valence-corrected chi connectivity index (χ1v) is 34.7. The Labute approximate surface area is 513 Å². The van der Waals surface area contributed by atoms with Crippen LogP contribution in [0.2, 0.25) is 0 Å². The normalized spacial score (nSPS) is 13.0. The van der Waals surface area contributed by atoms with E-state index in [4.69, 9.17) is 14.2 Å². The molecule has 0 fully saturated rings. The molecule has 0 saturated heterocycles. The van der Waals surface area contributed by atoms with Crippen molar-refractivity contribution in [1.82, 2.24) is 0 Å². The second-order valence-electron chi connectivity index (χ2n) is 22.7. The number of carbonyl (C=O) groups is 3. The van der Waals surface area contributed by atoms with Gasteiger partial charge in [-0.05, 0) is 116 Å². The summed E-state index contributed by atoms with van der Waals surface area (Å²) in [6.45, 7) is 6.41. The standard InChI is InChI=1S/C77H128O6/c1-4-7-10-13-16-19-22-25-28-31-34-35-36-37-38-39-40-41-44-46-49-52-55-58-61-64-67-70-76(79)82-73-74(83-77(80)71-68-65-62-59-56-53-50-47-43-33-30-27-24-21-18-15-12-9-6-3)72-81-75(78)69-66-63-60-57-54-51-48-45-42-32-29-26-23-20-17-14-11-8-5-2/h7,9-10,12,16,18-19,21,25,27-28,30,34-35,37-38,40-41,43,47,53,56,74H,4-6,8,11,13-15,17,20,22-24,26,29,31-33,36,39,42,44-46,48-52,54-55,57-73H2,1-3H3/b10-7-,12-9-,19-16-,21-18-,28-25-,30-27-,35-34-,38-37-,41-40-,47-43-,56-53-. The Morgan fingerprint density at radius 2 is 0.470 bits per heavy atom. The zero-order valence-electron chi connectivity index (χ0n) is 54.2. The van der Waals surface area contributed by atoms with E-state index in [0.29, 0.717) is 12.8 Å². The summed E-state index contributed by atoms with van der Waals surface area (Å²) in [4.78, 5) is 38.5. The average Bonchev–Trinajstić information content (AvgIpc) is 3.50. The highest BCUT2D eigenvalue weighted by Crippen LogP contribution is 2.17. The van der Waals surface area contributed by atoms with Crippen LogP contribution in [0.4, 0.5) is 0 Å². The van der Waals surface area contributed by atoms with Crippen LogP contribution in [0.5, 0.6) is 0 Å². The SMILES string of the molecule is CC/C=C\C/C=C\C/C=C\C/C=C\C/C=C\C/C=C\CCCCCCCCCCC(=O)OCC(COC(=O)CCCCCCCCCCCCCCCCCCCCC)OC(=O)CCCCC/C=C\C/C=C\C/C=C\C/C=C\C/C=C\CC. The van der Waals surface area contributed by atoms with Gasteiger partial charge in [0.05, 0.1) is 0 Å². The van der Waals surface area contributed by atoms with Crippen molar-refractivity contribution in [2.24, 2.45) is 0 Å². The highest BCUT2D eigenvalue weighted by atomic mass is 16.6. The average molecular weight is 1150 g/mol. The predicted octanol–water partition coefficient (Wildman–Crippen LogP) is 24.1. The molecule has 0 aromatic rings. The minimum atomic E-state index is -0.804. The lowest BCUT2D eigenvalue weighted by atomic mass is 10.0. The molecule has 0 bridgehead atoms. The summed E-state index contributed by atoms with van der Waals surface area (Å²) < 4.78 is 17.0. The molecule has 0 heterocycles. The molecule has 0 amide bonds. The summed E-state index contributed by atoms with van der Waals surface area (Å²) in [5.74, 6) is -0.926. The van der Waals surface area contributed by atoms with E-state index in [9.17, 15) is 14.4 Å². The molecule has 1 unspecified atom stereocenters. The van der Waals surface area contributed by atoms with Gasteiger partial charge in [-0.1, -0.05) is 315 Å². The fourth-order valence-corrected chi connectivity index (χ4v) is 9.53. The van der Waals surface area contributed by atoms with Crippen LogP contribution in [0.25, 0.3) is 0 Å². The molecule has 6 nitrogen and oxygen atoms in total. The molecule has 0 aliphatic carbocycles. The molecule has 0 aromatic carbocycles. The van der Waals surface area contributed by atoms with Crippen LogP contribution in [0, 0.1) is 0 Å². The monoisotopic (exact) mass is 1150 g/mol. The van der Waals surface area contributed by atoms with E-state index in [1.807, 2.05) is 0 Å². The molecule has 1 atom stereocenters. The van der Waals surface area contributed by atoms with Gasteiger partial charge in [-0.25, -0.2) is 0 Å². The molecule has 472 valence electrons. The Morgan fingerprint density at radius 3 is 0.747 bits per heavy atom. The Kier molecular flexibility index (Phi) is 66.3. The van der Waals surface area contributed by atoms with Gasteiger partial charge in [-0.3, -0.25) is 14.4 Å². The Bertz CT molecular complexity index is 1750. The second kappa shape index (κ2) is 70.0. The lowest BCUT2D eigenvalue weighted by molar-refractivity contribution is -0.167. The third-order valence-corrected chi connectivity index (χ3v) is 14.7. The van der Waals surface area contributed by atoms with E-state index in [0.717, 1.165) is 141 Å². The number of allylic oxidation sites excluding steroid dienone is 22. The van der Waals surface area contributed by atoms with Gasteiger partial charge in [0.2, 0.25) is 0 Å². The van der Waals surface area contributed by atoms with Gasteiger partial charge in [0.25, 0.3) is 0 Å². The number of esters is 3. The topological polar surface area (TPSA) is 78.9 Å². The summed E-state index contributed by atoms with van der Waals surface area (Å²) in [6, 6.07) is 0. The summed E-state index contributed by atoms with van der Waals surface area (Å²) in [5, 5.41) is 0. The maximum Gasteiger partial charge on any atom is 0.306 e. The van der Waals surface area contributed by atoms with Crippen LogP contribution in [-0.2, 0) is 28.6 Å². The van der Waals surface area contributed by atoms with Gasteiger partial charge in [0.1, 0.15) is 13.2 Å². The quantitative estimate of drug-likeness (QED) is 0.0261. The highest BCUT2D eigenvalue weighted by molar-refractivity contribution is 5.71. The zero-order valence-corrected chi connectivity index (χ0v) is 54.2. The first kappa shape index (κ1) is 78.5. The number of ether oxygens (including phenoxy) is 3. The Balaban J connectivity index is 4.43. The molecular weight excluding hydrogens is 1020 g/mol. The summed E-state index contributed by atoms with van der Waals surface area (Å²) >= 11 is 0. The van der Waals surface area contributed by atoms with Gasteiger partial charge >= 0.3 is 17.9 Å². The third kappa shape index (κ3) is 68.2. The van der Waals surface area contributed by atoms with E-state index in [1.165, 1.54) is 135 Å². The maximum atomic E-state index is 12.9. The number of carbonyl (C=O) groups excluding carboxylic acids is 3. The van der Waals surface area contributed by atoms with E-state index in [2.05, 4.69) is 154 Å². The summed E-state index contributed by atoms with van der Waals surface area (Å²) in [6.07, 6.45) is 98.9. The van der Waals surface area contributed by atoms with Crippen LogP contribution in [0.1, 0.15) is 316 Å². The number of unbranched alkanes of at least 4 members (excludes halogenated alkanes) is 29. The van der Waals surface area contributed by atoms with E-state index in [1.54, 1.807) is 0 Å². The van der Waals surface area contributed by atoms with E-state index < -0.39 is 6.10 Å². The lowest BCUT2D eigenvalue weighted by Gasteiger charge is -2.18.